The minimum atomic E-state index is 0.513. The van der Waals surface area contributed by atoms with Crippen LogP contribution in [0.1, 0.15) is 45.1 Å². The molecule has 2 N–H and O–H groups in total. The molecule has 0 amide bonds. The lowest BCUT2D eigenvalue weighted by Gasteiger charge is -2.11. The summed E-state index contributed by atoms with van der Waals surface area (Å²) in [4.78, 5) is 8.60. The van der Waals surface area contributed by atoms with Crippen LogP contribution in [0.15, 0.2) is 23.3 Å². The van der Waals surface area contributed by atoms with Gasteiger partial charge in [-0.2, -0.15) is 0 Å². The highest BCUT2D eigenvalue weighted by molar-refractivity contribution is 6.29. The summed E-state index contributed by atoms with van der Waals surface area (Å²) in [7, 11) is 0. The van der Waals surface area contributed by atoms with E-state index in [1.165, 1.54) is 25.7 Å². The third kappa shape index (κ3) is 7.34. The van der Waals surface area contributed by atoms with Crippen LogP contribution in [0.4, 0.5) is 0 Å². The predicted octanol–water partition coefficient (Wildman–Crippen LogP) is 3.37. The molecule has 112 valence electrons. The van der Waals surface area contributed by atoms with E-state index in [1.54, 1.807) is 12.3 Å². The zero-order chi connectivity index (χ0) is 14.6. The van der Waals surface area contributed by atoms with Crippen LogP contribution in [-0.4, -0.2) is 24.0 Å². The zero-order valence-corrected chi connectivity index (χ0v) is 13.2. The van der Waals surface area contributed by atoms with Crippen LogP contribution >= 0.6 is 11.6 Å². The molecule has 5 heteroatoms. The van der Waals surface area contributed by atoms with Crippen molar-refractivity contribution in [1.82, 2.24) is 15.6 Å². The Balaban J connectivity index is 2.39. The lowest BCUT2D eigenvalue weighted by Crippen LogP contribution is -2.37. The minimum Gasteiger partial charge on any atom is -0.357 e. The van der Waals surface area contributed by atoms with Crippen LogP contribution < -0.4 is 10.6 Å². The standard InChI is InChI=1S/C15H25ClN4/c1-3-5-6-7-10-18-15(17-4-2)20-12-13-8-9-14(16)19-11-13/h8-9,11H,3-7,10,12H2,1-2H3,(H2,17,18,20). The summed E-state index contributed by atoms with van der Waals surface area (Å²) in [5.41, 5.74) is 1.05. The normalized spacial score (nSPS) is 11.4. The Labute approximate surface area is 127 Å². The average Bonchev–Trinajstić information content (AvgIpc) is 2.46. The molecule has 0 bridgehead atoms. The molecule has 0 radical (unpaired) electrons. The first-order chi connectivity index (χ1) is 9.76. The molecule has 1 heterocycles. The number of nitrogens with one attached hydrogen (secondary N) is 2. The Morgan fingerprint density at radius 3 is 2.70 bits per heavy atom. The molecule has 0 aliphatic rings. The largest absolute Gasteiger partial charge is 0.357 e. The van der Waals surface area contributed by atoms with Gasteiger partial charge in [0.2, 0.25) is 0 Å². The van der Waals surface area contributed by atoms with E-state index in [0.717, 1.165) is 24.6 Å². The molecule has 0 saturated heterocycles. The molecule has 0 spiro atoms. The van der Waals surface area contributed by atoms with Gasteiger partial charge in [0, 0.05) is 19.3 Å². The molecule has 0 aromatic carbocycles. The van der Waals surface area contributed by atoms with Gasteiger partial charge < -0.3 is 10.6 Å². The summed E-state index contributed by atoms with van der Waals surface area (Å²) < 4.78 is 0. The van der Waals surface area contributed by atoms with Crippen molar-refractivity contribution in [2.75, 3.05) is 13.1 Å². The second kappa shape index (κ2) is 10.5. The van der Waals surface area contributed by atoms with Crippen molar-refractivity contribution in [2.24, 2.45) is 4.99 Å². The number of hydrogen-bond donors (Lipinski definition) is 2. The molecule has 1 aromatic heterocycles. The maximum Gasteiger partial charge on any atom is 0.191 e. The molecule has 0 aliphatic carbocycles. The first-order valence-corrected chi connectivity index (χ1v) is 7.76. The van der Waals surface area contributed by atoms with Crippen LogP contribution in [0.3, 0.4) is 0 Å². The van der Waals surface area contributed by atoms with E-state index in [9.17, 15) is 0 Å². The van der Waals surface area contributed by atoms with Crippen molar-refractivity contribution in [2.45, 2.75) is 46.1 Å². The Morgan fingerprint density at radius 1 is 1.20 bits per heavy atom. The number of aliphatic imine (C=N–C) groups is 1. The SMILES string of the molecule is CCCCCCNC(=NCc1ccc(Cl)nc1)NCC. The second-order valence-electron chi connectivity index (χ2n) is 4.67. The van der Waals surface area contributed by atoms with Gasteiger partial charge in [-0.3, -0.25) is 0 Å². The summed E-state index contributed by atoms with van der Waals surface area (Å²) in [6.45, 7) is 6.72. The zero-order valence-electron chi connectivity index (χ0n) is 12.5. The van der Waals surface area contributed by atoms with Crippen LogP contribution in [0, 0.1) is 0 Å². The van der Waals surface area contributed by atoms with Crippen molar-refractivity contribution < 1.29 is 0 Å². The molecule has 0 saturated carbocycles. The number of hydrogen-bond acceptors (Lipinski definition) is 2. The summed E-state index contributed by atoms with van der Waals surface area (Å²) in [5, 5.41) is 7.11. The molecular weight excluding hydrogens is 272 g/mol. The number of halogens is 1. The maximum atomic E-state index is 5.76. The molecule has 0 atom stereocenters. The number of nitrogens with zero attached hydrogens (tertiary/aromatic N) is 2. The van der Waals surface area contributed by atoms with Gasteiger partial charge in [0.05, 0.1) is 6.54 Å². The summed E-state index contributed by atoms with van der Waals surface area (Å²) >= 11 is 5.76. The van der Waals surface area contributed by atoms with Crippen molar-refractivity contribution in [3.8, 4) is 0 Å². The van der Waals surface area contributed by atoms with Gasteiger partial charge in [-0.1, -0.05) is 43.9 Å². The smallest absolute Gasteiger partial charge is 0.191 e. The summed E-state index contributed by atoms with van der Waals surface area (Å²) in [5.74, 6) is 0.860. The number of guanidine groups is 1. The third-order valence-corrected chi connectivity index (χ3v) is 3.10. The van der Waals surface area contributed by atoms with Gasteiger partial charge in [0.1, 0.15) is 5.15 Å². The highest BCUT2D eigenvalue weighted by atomic mass is 35.5. The molecule has 0 unspecified atom stereocenters. The van der Waals surface area contributed by atoms with E-state index in [2.05, 4.69) is 34.5 Å². The highest BCUT2D eigenvalue weighted by Gasteiger charge is 1.98. The Kier molecular flexibility index (Phi) is 8.79. The predicted molar refractivity (Wildman–Crippen MR) is 86.2 cm³/mol. The van der Waals surface area contributed by atoms with Gasteiger partial charge in [0.15, 0.2) is 5.96 Å². The van der Waals surface area contributed by atoms with Crippen molar-refractivity contribution >= 4 is 17.6 Å². The van der Waals surface area contributed by atoms with Crippen molar-refractivity contribution in [3.63, 3.8) is 0 Å². The number of rotatable bonds is 8. The van der Waals surface area contributed by atoms with Gasteiger partial charge in [-0.05, 0) is 25.0 Å². The molecule has 20 heavy (non-hydrogen) atoms. The summed E-state index contributed by atoms with van der Waals surface area (Å²) in [6.07, 6.45) is 6.77. The molecule has 0 aliphatic heterocycles. The van der Waals surface area contributed by atoms with Crippen molar-refractivity contribution in [1.29, 1.82) is 0 Å². The quantitative estimate of drug-likeness (QED) is 0.335. The fraction of sp³-hybridized carbons (Fsp3) is 0.600. The molecule has 1 aromatic rings. The molecular formula is C15H25ClN4. The van der Waals surface area contributed by atoms with E-state index < -0.39 is 0 Å². The monoisotopic (exact) mass is 296 g/mol. The van der Waals surface area contributed by atoms with Crippen molar-refractivity contribution in [3.05, 3.63) is 29.0 Å². The van der Waals surface area contributed by atoms with E-state index in [0.29, 0.717) is 11.7 Å². The lowest BCUT2D eigenvalue weighted by molar-refractivity contribution is 0.647. The van der Waals surface area contributed by atoms with E-state index in [1.807, 2.05) is 6.07 Å². The number of pyridine rings is 1. The maximum absolute atomic E-state index is 5.76. The topological polar surface area (TPSA) is 49.3 Å². The fourth-order valence-electron chi connectivity index (χ4n) is 1.77. The second-order valence-corrected chi connectivity index (χ2v) is 5.06. The lowest BCUT2D eigenvalue weighted by atomic mass is 10.2. The molecule has 1 rings (SSSR count). The first-order valence-electron chi connectivity index (χ1n) is 7.38. The van der Waals surface area contributed by atoms with Gasteiger partial charge in [0.25, 0.3) is 0 Å². The first kappa shape index (κ1) is 16.8. The van der Waals surface area contributed by atoms with E-state index >= 15 is 0 Å². The van der Waals surface area contributed by atoms with E-state index in [4.69, 9.17) is 11.6 Å². The fourth-order valence-corrected chi connectivity index (χ4v) is 1.88. The van der Waals surface area contributed by atoms with Gasteiger partial charge in [-0.25, -0.2) is 9.98 Å². The highest BCUT2D eigenvalue weighted by Crippen LogP contribution is 2.06. The van der Waals surface area contributed by atoms with Gasteiger partial charge in [-0.15, -0.1) is 0 Å². The van der Waals surface area contributed by atoms with Crippen LogP contribution in [-0.2, 0) is 6.54 Å². The molecule has 0 fully saturated rings. The number of aromatic nitrogens is 1. The van der Waals surface area contributed by atoms with Crippen LogP contribution in [0.5, 0.6) is 0 Å². The summed E-state index contributed by atoms with van der Waals surface area (Å²) in [6, 6.07) is 3.74. The Morgan fingerprint density at radius 2 is 2.05 bits per heavy atom. The van der Waals surface area contributed by atoms with Gasteiger partial charge >= 0.3 is 0 Å². The van der Waals surface area contributed by atoms with Crippen LogP contribution in [0.2, 0.25) is 5.15 Å². The number of unbranched alkanes of at least 4 members (excludes halogenated alkanes) is 3. The minimum absolute atomic E-state index is 0.513. The Bertz CT molecular complexity index is 389. The van der Waals surface area contributed by atoms with Crippen LogP contribution in [0.25, 0.3) is 0 Å². The Hall–Kier alpha value is -1.29. The third-order valence-electron chi connectivity index (χ3n) is 2.88. The van der Waals surface area contributed by atoms with E-state index in [-0.39, 0.29) is 0 Å². The molecule has 4 nitrogen and oxygen atoms in total. The average molecular weight is 297 g/mol.